The van der Waals surface area contributed by atoms with E-state index in [2.05, 4.69) is 5.32 Å². The van der Waals surface area contributed by atoms with Gasteiger partial charge in [-0.25, -0.2) is 4.79 Å². The average Bonchev–Trinajstić information content (AvgIpc) is 3.24. The van der Waals surface area contributed by atoms with E-state index in [9.17, 15) is 34.2 Å². The van der Waals surface area contributed by atoms with Crippen molar-refractivity contribution >= 4 is 29.9 Å². The van der Waals surface area contributed by atoms with Gasteiger partial charge >= 0.3 is 24.0 Å². The molecule has 0 unspecified atom stereocenters. The third-order valence-corrected chi connectivity index (χ3v) is 9.72. The summed E-state index contributed by atoms with van der Waals surface area (Å²) in [5.74, 6) is -3.06. The minimum Gasteiger partial charge on any atom is -0.497 e. The lowest BCUT2D eigenvalue weighted by molar-refractivity contribution is -0.280. The zero-order valence-electron chi connectivity index (χ0n) is 34.7. The van der Waals surface area contributed by atoms with Gasteiger partial charge in [-0.1, -0.05) is 54.6 Å². The molecule has 1 saturated heterocycles. The molecule has 17 heteroatoms. The first-order valence-electron chi connectivity index (χ1n) is 19.8. The van der Waals surface area contributed by atoms with Crippen LogP contribution in [0.5, 0.6) is 11.5 Å². The fourth-order valence-corrected chi connectivity index (χ4v) is 6.97. The Bertz CT molecular complexity index is 1810. The highest BCUT2D eigenvalue weighted by atomic mass is 16.7. The number of nitrogens with two attached hydrogens (primary N) is 1. The molecule has 6 atom stereocenters. The van der Waals surface area contributed by atoms with Gasteiger partial charge in [-0.3, -0.25) is 19.2 Å². The number of ether oxygens (including phenoxy) is 8. The molecule has 3 aromatic rings. The topological polar surface area (TPSA) is 238 Å². The highest BCUT2D eigenvalue weighted by Gasteiger charge is 2.50. The summed E-state index contributed by atoms with van der Waals surface area (Å²) >= 11 is 0. The van der Waals surface area contributed by atoms with E-state index in [4.69, 9.17) is 43.6 Å². The first-order chi connectivity index (χ1) is 29.3. The number of primary amides is 1. The second-order valence-electron chi connectivity index (χ2n) is 14.2. The Morgan fingerprint density at radius 3 is 1.92 bits per heavy atom. The van der Waals surface area contributed by atoms with Crippen LogP contribution in [0.25, 0.3) is 0 Å². The van der Waals surface area contributed by atoms with Crippen molar-refractivity contribution in [1.29, 1.82) is 0 Å². The number of rotatable bonds is 24. The molecule has 5 N–H and O–H groups in total. The molecular formula is C44H55N2O15. The molecule has 0 saturated carbocycles. The van der Waals surface area contributed by atoms with Crippen LogP contribution in [0.15, 0.2) is 78.9 Å². The van der Waals surface area contributed by atoms with Gasteiger partial charge in [0.2, 0.25) is 5.91 Å². The van der Waals surface area contributed by atoms with E-state index in [1.54, 1.807) is 14.2 Å². The van der Waals surface area contributed by atoms with Crippen molar-refractivity contribution in [3.63, 3.8) is 0 Å². The minimum atomic E-state index is -1.26. The van der Waals surface area contributed by atoms with Crippen molar-refractivity contribution in [2.45, 2.75) is 82.3 Å². The first-order valence-corrected chi connectivity index (χ1v) is 19.8. The Kier molecular flexibility index (Phi) is 18.8. The molecule has 331 valence electrons. The number of unbranched alkanes of at least 4 members (excludes halogenated alkanes) is 2. The van der Waals surface area contributed by atoms with E-state index in [0.29, 0.717) is 30.8 Å². The van der Waals surface area contributed by atoms with E-state index in [1.165, 1.54) is 6.42 Å². The molecule has 4 rings (SSSR count). The van der Waals surface area contributed by atoms with Crippen molar-refractivity contribution in [2.24, 2.45) is 11.7 Å². The van der Waals surface area contributed by atoms with Crippen molar-refractivity contribution in [3.05, 3.63) is 102 Å². The summed E-state index contributed by atoms with van der Waals surface area (Å²) in [6.07, 6.45) is -4.73. The number of aliphatic hydroxyl groups is 1. The molecule has 2 amide bonds. The minimum absolute atomic E-state index is 0.102. The van der Waals surface area contributed by atoms with E-state index in [0.717, 1.165) is 30.5 Å². The third kappa shape index (κ3) is 14.2. The van der Waals surface area contributed by atoms with Gasteiger partial charge in [-0.05, 0) is 60.2 Å². The van der Waals surface area contributed by atoms with Gasteiger partial charge < -0.3 is 59.2 Å². The number of hydrogen-bond acceptors (Lipinski definition) is 14. The fourth-order valence-electron chi connectivity index (χ4n) is 6.97. The molecule has 1 radical (unpaired) electrons. The van der Waals surface area contributed by atoms with E-state index in [1.807, 2.05) is 78.9 Å². The molecule has 61 heavy (non-hydrogen) atoms. The van der Waals surface area contributed by atoms with Gasteiger partial charge in [0.15, 0.2) is 12.4 Å². The lowest BCUT2D eigenvalue weighted by atomic mass is 9.80. The zero-order valence-corrected chi connectivity index (χ0v) is 34.7. The standard InChI is InChI=1S/C44H55N2O15/c1-28(47)59-40-36(25-38(45)50)42(61-37(21-22-39(51)52)41(40)60-29(2)48)56-24-10-6-9-23-46-43(53)57-26-33(49)27-58-44(30-11-7-5-8-12-30,31-13-17-34(54-3)18-14-31)32-15-19-35(55-4)20-16-32/h5,7-8,11-21,33,36-37,40-42,49H,6,9-10,22-27H2,1-4H3,(H2,45,50)(H,46,53)(H,51,52)/t33-,36+,37+,40+,41+,42+/m0/s1. The SMILES string of the molecule is COc1ccc(C(OC[C@@H](O)COC(=O)NCCCCCO[C@@H]2O[C@H]([CH]CC(=O)O)[C@@H](OC(C)=O)[C@H](OC(C)=O)[C@H]2CC(N)=O)(c2ccccc2)c2ccc(OC)cc2)cc1. The summed E-state index contributed by atoms with van der Waals surface area (Å²) in [6, 6.07) is 24.5. The molecule has 0 aromatic heterocycles. The predicted octanol–water partition coefficient (Wildman–Crippen LogP) is 4.05. The number of aliphatic hydroxyl groups excluding tert-OH is 1. The smallest absolute Gasteiger partial charge is 0.407 e. The summed E-state index contributed by atoms with van der Waals surface area (Å²) in [7, 11) is 3.17. The summed E-state index contributed by atoms with van der Waals surface area (Å²) in [4.78, 5) is 59.9. The number of carboxylic acids is 1. The molecule has 1 heterocycles. The number of esters is 2. The average molecular weight is 852 g/mol. The Morgan fingerprint density at radius 1 is 0.803 bits per heavy atom. The maximum Gasteiger partial charge on any atom is 0.407 e. The van der Waals surface area contributed by atoms with Crippen LogP contribution in [0.4, 0.5) is 4.79 Å². The number of carbonyl (C=O) groups excluding carboxylic acids is 4. The molecule has 0 aliphatic carbocycles. The second kappa shape index (κ2) is 23.9. The van der Waals surface area contributed by atoms with Crippen LogP contribution >= 0.6 is 0 Å². The van der Waals surface area contributed by atoms with Gasteiger partial charge in [-0.2, -0.15) is 0 Å². The first kappa shape index (κ1) is 47.9. The summed E-state index contributed by atoms with van der Waals surface area (Å²) < 4.78 is 45.5. The van der Waals surface area contributed by atoms with Crippen LogP contribution in [-0.4, -0.2) is 111 Å². The Balaban J connectivity index is 1.30. The van der Waals surface area contributed by atoms with Gasteiger partial charge in [-0.15, -0.1) is 0 Å². The monoisotopic (exact) mass is 851 g/mol. The quantitative estimate of drug-likeness (QED) is 0.0431. The van der Waals surface area contributed by atoms with Crippen LogP contribution < -0.4 is 20.5 Å². The number of alkyl carbamates (subject to hydrolysis) is 1. The second-order valence-corrected chi connectivity index (χ2v) is 14.2. The number of benzene rings is 3. The van der Waals surface area contributed by atoms with Gasteiger partial charge in [0.25, 0.3) is 0 Å². The van der Waals surface area contributed by atoms with Crippen molar-refractivity contribution in [1.82, 2.24) is 5.32 Å². The zero-order chi connectivity index (χ0) is 44.4. The molecule has 1 fully saturated rings. The summed E-state index contributed by atoms with van der Waals surface area (Å²) in [6.45, 7) is 2.07. The van der Waals surface area contributed by atoms with Crippen molar-refractivity contribution in [2.75, 3.05) is 40.6 Å². The van der Waals surface area contributed by atoms with Crippen molar-refractivity contribution in [3.8, 4) is 11.5 Å². The van der Waals surface area contributed by atoms with E-state index in [-0.39, 0.29) is 32.8 Å². The summed E-state index contributed by atoms with van der Waals surface area (Å²) in [5, 5.41) is 22.9. The molecule has 1 aliphatic heterocycles. The highest BCUT2D eigenvalue weighted by molar-refractivity contribution is 5.74. The Labute approximate surface area is 354 Å². The largest absolute Gasteiger partial charge is 0.497 e. The molecular weight excluding hydrogens is 796 g/mol. The molecule has 0 spiro atoms. The lowest BCUT2D eigenvalue weighted by Gasteiger charge is -2.45. The van der Waals surface area contributed by atoms with Crippen LogP contribution in [0.1, 0.15) is 62.6 Å². The third-order valence-electron chi connectivity index (χ3n) is 9.72. The number of carboxylic acid groups (broad SMARTS) is 1. The van der Waals surface area contributed by atoms with Gasteiger partial charge in [0.05, 0.1) is 33.2 Å². The van der Waals surface area contributed by atoms with Gasteiger partial charge in [0, 0.05) is 39.8 Å². The van der Waals surface area contributed by atoms with Gasteiger partial charge in [0.1, 0.15) is 42.0 Å². The van der Waals surface area contributed by atoms with Crippen LogP contribution in [0.2, 0.25) is 0 Å². The fraction of sp³-hybridized carbons (Fsp3) is 0.455. The number of hydrogen-bond donors (Lipinski definition) is 4. The number of aliphatic carboxylic acids is 1. The maximum atomic E-state index is 12.6. The normalized spacial score (nSPS) is 19.2. The van der Waals surface area contributed by atoms with E-state index < -0.39 is 78.6 Å². The Morgan fingerprint density at radius 2 is 1.38 bits per heavy atom. The number of methoxy groups -OCH3 is 2. The van der Waals surface area contributed by atoms with Crippen LogP contribution in [0, 0.1) is 12.3 Å². The van der Waals surface area contributed by atoms with Crippen LogP contribution in [0.3, 0.4) is 0 Å². The van der Waals surface area contributed by atoms with E-state index >= 15 is 0 Å². The maximum absolute atomic E-state index is 12.6. The number of amides is 2. The number of nitrogens with one attached hydrogen (secondary N) is 1. The molecule has 17 nitrogen and oxygen atoms in total. The van der Waals surface area contributed by atoms with Crippen LogP contribution in [-0.2, 0) is 53.2 Å². The lowest BCUT2D eigenvalue weighted by Crippen LogP contribution is -2.58. The Hall–Kier alpha value is -5.75. The number of carbonyl (C=O) groups is 5. The predicted molar refractivity (Wildman–Crippen MR) is 217 cm³/mol. The molecule has 3 aromatic carbocycles. The highest BCUT2D eigenvalue weighted by Crippen LogP contribution is 2.42. The summed E-state index contributed by atoms with van der Waals surface area (Å²) in [5.41, 5.74) is 6.67. The van der Waals surface area contributed by atoms with Crippen molar-refractivity contribution < 1.29 is 72.1 Å². The molecule has 0 bridgehead atoms. The molecule has 1 aliphatic rings.